The topological polar surface area (TPSA) is 92.5 Å². The van der Waals surface area contributed by atoms with Crippen LogP contribution >= 0.6 is 11.6 Å². The van der Waals surface area contributed by atoms with Crippen LogP contribution in [0.4, 0.5) is 5.69 Å². The summed E-state index contributed by atoms with van der Waals surface area (Å²) in [7, 11) is -3.66. The van der Waals surface area contributed by atoms with Crippen molar-refractivity contribution in [2.24, 2.45) is 5.73 Å². The molecule has 3 N–H and O–H groups in total. The van der Waals surface area contributed by atoms with E-state index in [0.717, 1.165) is 0 Å². The highest BCUT2D eigenvalue weighted by Crippen LogP contribution is 2.34. The molecule has 3 rings (SSSR count). The van der Waals surface area contributed by atoms with Gasteiger partial charge in [0.1, 0.15) is 4.90 Å². The molecule has 1 aromatic carbocycles. The molecular weight excluding hydrogens is 302 g/mol. The van der Waals surface area contributed by atoms with E-state index >= 15 is 0 Å². The molecule has 0 spiro atoms. The Labute approximate surface area is 121 Å². The zero-order valence-corrected chi connectivity index (χ0v) is 12.2. The highest BCUT2D eigenvalue weighted by molar-refractivity contribution is 7.89. The Hall–Kier alpha value is -1.15. The van der Waals surface area contributed by atoms with Crippen LogP contribution in [0.2, 0.25) is 5.02 Å². The van der Waals surface area contributed by atoms with E-state index in [1.165, 1.54) is 16.4 Å². The molecule has 1 fully saturated rings. The van der Waals surface area contributed by atoms with Crippen molar-refractivity contribution in [3.8, 4) is 0 Å². The third-order valence-corrected chi connectivity index (χ3v) is 5.92. The third kappa shape index (κ3) is 2.20. The van der Waals surface area contributed by atoms with Crippen LogP contribution in [0.3, 0.4) is 0 Å². The lowest BCUT2D eigenvalue weighted by Crippen LogP contribution is -2.32. The summed E-state index contributed by atoms with van der Waals surface area (Å²) in [6.45, 7) is 0.695. The molecule has 0 bridgehead atoms. The van der Waals surface area contributed by atoms with E-state index in [4.69, 9.17) is 17.3 Å². The maximum absolute atomic E-state index is 12.6. The van der Waals surface area contributed by atoms with Gasteiger partial charge in [0.25, 0.3) is 0 Å². The van der Waals surface area contributed by atoms with Crippen molar-refractivity contribution in [1.29, 1.82) is 0 Å². The number of hydrogen-bond acceptors (Lipinski definition) is 4. The zero-order chi connectivity index (χ0) is 14.5. The highest BCUT2D eigenvalue weighted by Gasteiger charge is 2.33. The van der Waals surface area contributed by atoms with Crippen molar-refractivity contribution in [3.05, 3.63) is 22.7 Å². The Morgan fingerprint density at radius 2 is 2.15 bits per heavy atom. The van der Waals surface area contributed by atoms with E-state index in [0.29, 0.717) is 30.8 Å². The summed E-state index contributed by atoms with van der Waals surface area (Å²) in [5, 5.41) is 2.76. The summed E-state index contributed by atoms with van der Waals surface area (Å²) in [6.07, 6.45) is 0.816. The predicted octanol–water partition coefficient (Wildman–Crippen LogP) is 0.556. The highest BCUT2D eigenvalue weighted by atomic mass is 35.5. The number of sulfonamides is 1. The maximum atomic E-state index is 12.6. The van der Waals surface area contributed by atoms with E-state index in [1.54, 1.807) is 0 Å². The lowest BCUT2D eigenvalue weighted by Gasteiger charge is -2.17. The van der Waals surface area contributed by atoms with Crippen LogP contribution in [0.1, 0.15) is 12.0 Å². The summed E-state index contributed by atoms with van der Waals surface area (Å²) >= 11 is 6.07. The number of nitrogens with one attached hydrogen (secondary N) is 1. The molecule has 0 radical (unpaired) electrons. The van der Waals surface area contributed by atoms with Crippen molar-refractivity contribution in [1.82, 2.24) is 4.31 Å². The SMILES string of the molecule is N[C@H]1CCN(S(=O)(=O)c2cc3c(cc2Cl)NC(=O)C3)C1. The normalized spacial score (nSPS) is 22.9. The Bertz CT molecular complexity index is 689. The van der Waals surface area contributed by atoms with Crippen molar-refractivity contribution in [3.63, 3.8) is 0 Å². The van der Waals surface area contributed by atoms with Gasteiger partial charge >= 0.3 is 0 Å². The second-order valence-electron chi connectivity index (χ2n) is 5.08. The Balaban J connectivity index is 2.02. The van der Waals surface area contributed by atoms with Crippen molar-refractivity contribution >= 4 is 33.2 Å². The summed E-state index contributed by atoms with van der Waals surface area (Å²) < 4.78 is 26.5. The fourth-order valence-corrected chi connectivity index (χ4v) is 4.60. The van der Waals surface area contributed by atoms with Crippen LogP contribution in [-0.2, 0) is 21.2 Å². The van der Waals surface area contributed by atoms with Crippen molar-refractivity contribution in [2.45, 2.75) is 23.8 Å². The first-order valence-corrected chi connectivity index (χ1v) is 8.08. The molecule has 0 aliphatic carbocycles. The molecule has 0 unspecified atom stereocenters. The molecule has 2 aliphatic rings. The van der Waals surface area contributed by atoms with Crippen LogP contribution in [0, 0.1) is 0 Å². The van der Waals surface area contributed by atoms with Gasteiger partial charge in [-0.25, -0.2) is 8.42 Å². The fourth-order valence-electron chi connectivity index (χ4n) is 2.53. The molecule has 0 aromatic heterocycles. The monoisotopic (exact) mass is 315 g/mol. The number of carbonyl (C=O) groups is 1. The number of halogens is 1. The Kier molecular flexibility index (Phi) is 3.24. The minimum absolute atomic E-state index is 0.0449. The molecule has 2 heterocycles. The Morgan fingerprint density at radius 3 is 2.80 bits per heavy atom. The summed E-state index contributed by atoms with van der Waals surface area (Å²) in [5.41, 5.74) is 6.99. The molecule has 1 atom stereocenters. The molecule has 108 valence electrons. The minimum Gasteiger partial charge on any atom is -0.326 e. The van der Waals surface area contributed by atoms with Crippen LogP contribution in [0.25, 0.3) is 0 Å². The number of nitrogens with zero attached hydrogens (tertiary/aromatic N) is 1. The van der Waals surface area contributed by atoms with Crippen LogP contribution in [-0.4, -0.2) is 37.8 Å². The molecule has 6 nitrogen and oxygen atoms in total. The zero-order valence-electron chi connectivity index (χ0n) is 10.6. The van der Waals surface area contributed by atoms with E-state index in [-0.39, 0.29) is 28.3 Å². The summed E-state index contributed by atoms with van der Waals surface area (Å²) in [4.78, 5) is 11.4. The van der Waals surface area contributed by atoms with Crippen molar-refractivity contribution in [2.75, 3.05) is 18.4 Å². The van der Waals surface area contributed by atoms with Crippen molar-refractivity contribution < 1.29 is 13.2 Å². The predicted molar refractivity (Wildman–Crippen MR) is 75.1 cm³/mol. The smallest absolute Gasteiger partial charge is 0.244 e. The number of amides is 1. The van der Waals surface area contributed by atoms with Crippen LogP contribution in [0.5, 0.6) is 0 Å². The second-order valence-corrected chi connectivity index (χ2v) is 7.39. The number of nitrogens with two attached hydrogens (primary N) is 1. The van der Waals surface area contributed by atoms with Crippen LogP contribution in [0.15, 0.2) is 17.0 Å². The second kappa shape index (κ2) is 4.70. The molecule has 2 aliphatic heterocycles. The summed E-state index contributed by atoms with van der Waals surface area (Å²) in [5.74, 6) is -0.159. The molecule has 0 saturated carbocycles. The first-order chi connectivity index (χ1) is 9.38. The van der Waals surface area contributed by atoms with Gasteiger partial charge in [0.05, 0.1) is 11.4 Å². The van der Waals surface area contributed by atoms with E-state index < -0.39 is 10.0 Å². The van der Waals surface area contributed by atoms with E-state index in [2.05, 4.69) is 5.32 Å². The van der Waals surface area contributed by atoms with Gasteiger partial charge in [0.2, 0.25) is 15.9 Å². The first-order valence-electron chi connectivity index (χ1n) is 6.26. The lowest BCUT2D eigenvalue weighted by atomic mass is 10.2. The van der Waals surface area contributed by atoms with E-state index in [9.17, 15) is 13.2 Å². The van der Waals surface area contributed by atoms with Gasteiger partial charge in [0, 0.05) is 24.8 Å². The molecule has 8 heteroatoms. The molecule has 1 amide bonds. The first kappa shape index (κ1) is 13.8. The van der Waals surface area contributed by atoms with Gasteiger partial charge < -0.3 is 11.1 Å². The molecule has 20 heavy (non-hydrogen) atoms. The van der Waals surface area contributed by atoms with Gasteiger partial charge in [-0.3, -0.25) is 4.79 Å². The summed E-state index contributed by atoms with van der Waals surface area (Å²) in [6, 6.07) is 2.83. The largest absolute Gasteiger partial charge is 0.326 e. The van der Waals surface area contributed by atoms with Crippen LogP contribution < -0.4 is 11.1 Å². The average Bonchev–Trinajstić information content (AvgIpc) is 2.93. The quantitative estimate of drug-likeness (QED) is 0.834. The fraction of sp³-hybridized carbons (Fsp3) is 0.417. The number of fused-ring (bicyclic) bond motifs is 1. The Morgan fingerprint density at radius 1 is 1.40 bits per heavy atom. The molecule has 1 aromatic rings. The van der Waals surface area contributed by atoms with Gasteiger partial charge in [-0.05, 0) is 24.1 Å². The minimum atomic E-state index is -3.66. The average molecular weight is 316 g/mol. The van der Waals surface area contributed by atoms with Gasteiger partial charge in [-0.15, -0.1) is 0 Å². The molecular formula is C12H14ClN3O3S. The third-order valence-electron chi connectivity index (χ3n) is 3.59. The lowest BCUT2D eigenvalue weighted by molar-refractivity contribution is -0.115. The van der Waals surface area contributed by atoms with Gasteiger partial charge in [0.15, 0.2) is 0 Å². The maximum Gasteiger partial charge on any atom is 0.244 e. The van der Waals surface area contributed by atoms with Gasteiger partial charge in [-0.1, -0.05) is 11.6 Å². The molecule has 1 saturated heterocycles. The number of rotatable bonds is 2. The van der Waals surface area contributed by atoms with Gasteiger partial charge in [-0.2, -0.15) is 4.31 Å². The number of hydrogen-bond donors (Lipinski definition) is 2. The number of benzene rings is 1. The van der Waals surface area contributed by atoms with E-state index in [1.807, 2.05) is 0 Å². The number of carbonyl (C=O) groups excluding carboxylic acids is 1. The number of anilines is 1. The standard InChI is InChI=1S/C12H14ClN3O3S/c13-9-5-10-7(4-12(17)15-10)3-11(9)20(18,19)16-2-1-8(14)6-16/h3,5,8H,1-2,4,6,14H2,(H,15,17)/t8-/m0/s1.